The van der Waals surface area contributed by atoms with E-state index in [2.05, 4.69) is 4.90 Å². The summed E-state index contributed by atoms with van der Waals surface area (Å²) in [5.41, 5.74) is 0.882. The molecule has 2 fully saturated rings. The summed E-state index contributed by atoms with van der Waals surface area (Å²) in [5, 5.41) is 9.91. The Morgan fingerprint density at radius 1 is 1.29 bits per heavy atom. The number of methoxy groups -OCH3 is 1. The van der Waals surface area contributed by atoms with Crippen molar-refractivity contribution in [2.45, 2.75) is 25.6 Å². The smallest absolute Gasteiger partial charge is 0.219 e. The average Bonchev–Trinajstić information content (AvgIpc) is 2.82. The van der Waals surface area contributed by atoms with Crippen LogP contribution in [0.15, 0.2) is 18.2 Å². The predicted octanol–water partition coefficient (Wildman–Crippen LogP) is 0.231. The number of benzene rings is 1. The lowest BCUT2D eigenvalue weighted by Gasteiger charge is -2.43. The first-order chi connectivity index (χ1) is 11.3. The number of phenols is 1. The van der Waals surface area contributed by atoms with E-state index in [1.807, 2.05) is 6.07 Å². The molecule has 1 N–H and O–H groups in total. The van der Waals surface area contributed by atoms with Gasteiger partial charge in [0, 0.05) is 32.6 Å². The fourth-order valence-electron chi connectivity index (χ4n) is 3.68. The predicted molar refractivity (Wildman–Crippen MR) is 88.7 cm³/mol. The van der Waals surface area contributed by atoms with Gasteiger partial charge in [-0.3, -0.25) is 9.69 Å². The van der Waals surface area contributed by atoms with Crippen LogP contribution in [0.5, 0.6) is 11.5 Å². The third kappa shape index (κ3) is 3.21. The highest BCUT2D eigenvalue weighted by molar-refractivity contribution is 7.91. The Morgan fingerprint density at radius 3 is 2.62 bits per heavy atom. The zero-order chi connectivity index (χ0) is 17.5. The van der Waals surface area contributed by atoms with E-state index < -0.39 is 9.84 Å². The van der Waals surface area contributed by atoms with Crippen LogP contribution >= 0.6 is 0 Å². The van der Waals surface area contributed by atoms with Crippen LogP contribution in [0.25, 0.3) is 0 Å². The number of amides is 1. The molecule has 2 heterocycles. The third-order valence-corrected chi connectivity index (χ3v) is 6.52. The Kier molecular flexibility index (Phi) is 4.44. The lowest BCUT2D eigenvalue weighted by atomic mass is 10.0. The number of rotatable bonds is 3. The number of nitrogens with zero attached hydrogens (tertiary/aromatic N) is 2. The largest absolute Gasteiger partial charge is 0.504 e. The molecule has 0 spiro atoms. The molecule has 0 saturated carbocycles. The topological polar surface area (TPSA) is 87.2 Å². The molecule has 0 aliphatic carbocycles. The van der Waals surface area contributed by atoms with Gasteiger partial charge in [0.05, 0.1) is 24.7 Å². The van der Waals surface area contributed by atoms with Gasteiger partial charge < -0.3 is 14.7 Å². The number of phenolic OH excluding ortho intramolecular Hbond substituents is 1. The van der Waals surface area contributed by atoms with Gasteiger partial charge in [0.15, 0.2) is 21.3 Å². The van der Waals surface area contributed by atoms with Crippen molar-refractivity contribution < 1.29 is 23.1 Å². The summed E-state index contributed by atoms with van der Waals surface area (Å²) in [6.45, 7) is 3.15. The number of carbonyl (C=O) groups excluding carboxylic acids is 1. The number of ether oxygens (including phenoxy) is 1. The van der Waals surface area contributed by atoms with E-state index in [4.69, 9.17) is 4.74 Å². The summed E-state index contributed by atoms with van der Waals surface area (Å²) in [5.74, 6) is 0.490. The zero-order valence-corrected chi connectivity index (χ0v) is 14.6. The molecule has 24 heavy (non-hydrogen) atoms. The van der Waals surface area contributed by atoms with Crippen molar-refractivity contribution in [2.75, 3.05) is 31.7 Å². The van der Waals surface area contributed by atoms with E-state index in [-0.39, 0.29) is 35.2 Å². The molecule has 2 aliphatic rings. The number of hydrogen-bond donors (Lipinski definition) is 1. The minimum atomic E-state index is -3.14. The van der Waals surface area contributed by atoms with E-state index in [0.29, 0.717) is 25.4 Å². The molecule has 1 amide bonds. The number of aromatic hydroxyl groups is 1. The summed E-state index contributed by atoms with van der Waals surface area (Å²) in [7, 11) is -1.65. The number of fused-ring (bicyclic) bond motifs is 1. The van der Waals surface area contributed by atoms with Gasteiger partial charge in [0.1, 0.15) is 0 Å². The maximum atomic E-state index is 12.1. The molecule has 0 radical (unpaired) electrons. The van der Waals surface area contributed by atoms with Crippen LogP contribution in [0, 0.1) is 0 Å². The molecule has 2 saturated heterocycles. The Labute approximate surface area is 141 Å². The average molecular weight is 354 g/mol. The third-order valence-electron chi connectivity index (χ3n) is 4.82. The minimum absolute atomic E-state index is 0.0294. The van der Waals surface area contributed by atoms with Gasteiger partial charge in [-0.25, -0.2) is 8.42 Å². The van der Waals surface area contributed by atoms with Gasteiger partial charge in [-0.05, 0) is 17.7 Å². The van der Waals surface area contributed by atoms with Crippen LogP contribution in [0.2, 0.25) is 0 Å². The molecular weight excluding hydrogens is 332 g/mol. The first-order valence-corrected chi connectivity index (χ1v) is 9.70. The van der Waals surface area contributed by atoms with Crippen LogP contribution in [-0.2, 0) is 21.2 Å². The van der Waals surface area contributed by atoms with Gasteiger partial charge in [-0.2, -0.15) is 0 Å². The van der Waals surface area contributed by atoms with E-state index in [1.54, 1.807) is 17.0 Å². The Hall–Kier alpha value is -1.80. The monoisotopic (exact) mass is 354 g/mol. The highest BCUT2D eigenvalue weighted by atomic mass is 32.2. The molecule has 1 aromatic rings. The standard InChI is InChI=1S/C16H22N2O5S/c1-11(19)18-6-5-17(13-9-24(21,22)10-14(13)18)8-12-3-4-16(23-2)15(20)7-12/h3-4,7,13-14,20H,5-6,8-10H2,1-2H3/t13-,14+/m1/s1. The van der Waals surface area contributed by atoms with Crippen LogP contribution in [0.1, 0.15) is 12.5 Å². The van der Waals surface area contributed by atoms with Crippen molar-refractivity contribution in [3.05, 3.63) is 23.8 Å². The molecule has 7 nitrogen and oxygen atoms in total. The maximum absolute atomic E-state index is 12.1. The first kappa shape index (κ1) is 17.0. The van der Waals surface area contributed by atoms with Crippen molar-refractivity contribution in [3.63, 3.8) is 0 Å². The quantitative estimate of drug-likeness (QED) is 0.836. The second-order valence-corrected chi connectivity index (χ2v) is 8.55. The lowest BCUT2D eigenvalue weighted by molar-refractivity contribution is -0.134. The van der Waals surface area contributed by atoms with Crippen molar-refractivity contribution in [3.8, 4) is 11.5 Å². The highest BCUT2D eigenvalue weighted by Crippen LogP contribution is 2.30. The summed E-state index contributed by atoms with van der Waals surface area (Å²) in [6.07, 6.45) is 0. The van der Waals surface area contributed by atoms with Gasteiger partial charge >= 0.3 is 0 Å². The first-order valence-electron chi connectivity index (χ1n) is 7.88. The molecular formula is C16H22N2O5S. The van der Waals surface area contributed by atoms with E-state index in [1.165, 1.54) is 14.0 Å². The van der Waals surface area contributed by atoms with Crippen molar-refractivity contribution in [2.24, 2.45) is 0 Å². The maximum Gasteiger partial charge on any atom is 0.219 e. The van der Waals surface area contributed by atoms with Crippen molar-refractivity contribution >= 4 is 15.7 Å². The van der Waals surface area contributed by atoms with Gasteiger partial charge in [0.2, 0.25) is 5.91 Å². The molecule has 0 aromatic heterocycles. The number of sulfone groups is 1. The normalized spacial score (nSPS) is 26.2. The molecule has 2 atom stereocenters. The minimum Gasteiger partial charge on any atom is -0.504 e. The molecule has 8 heteroatoms. The van der Waals surface area contributed by atoms with Crippen LogP contribution in [0.3, 0.4) is 0 Å². The second-order valence-electron chi connectivity index (χ2n) is 6.40. The van der Waals surface area contributed by atoms with E-state index in [9.17, 15) is 18.3 Å². The van der Waals surface area contributed by atoms with Crippen molar-refractivity contribution in [1.82, 2.24) is 9.80 Å². The number of piperazine rings is 1. The summed E-state index contributed by atoms with van der Waals surface area (Å²) in [6, 6.07) is 4.70. The molecule has 1 aromatic carbocycles. The Morgan fingerprint density at radius 2 is 2.00 bits per heavy atom. The number of hydrogen-bond acceptors (Lipinski definition) is 6. The SMILES string of the molecule is COc1ccc(CN2CCN(C(C)=O)[C@H]3CS(=O)(=O)C[C@H]32)cc1O. The Bertz CT molecular complexity index is 749. The van der Waals surface area contributed by atoms with Crippen LogP contribution < -0.4 is 4.74 Å². The van der Waals surface area contributed by atoms with Gasteiger partial charge in [-0.15, -0.1) is 0 Å². The zero-order valence-electron chi connectivity index (χ0n) is 13.8. The fraction of sp³-hybridized carbons (Fsp3) is 0.562. The van der Waals surface area contributed by atoms with Crippen molar-refractivity contribution in [1.29, 1.82) is 0 Å². The highest BCUT2D eigenvalue weighted by Gasteiger charge is 2.47. The van der Waals surface area contributed by atoms with E-state index >= 15 is 0 Å². The second kappa shape index (κ2) is 6.25. The van der Waals surface area contributed by atoms with Crippen LogP contribution in [-0.4, -0.2) is 73.0 Å². The molecule has 2 aliphatic heterocycles. The Balaban J connectivity index is 1.81. The number of carbonyl (C=O) groups is 1. The van der Waals surface area contributed by atoms with E-state index in [0.717, 1.165) is 5.56 Å². The molecule has 3 rings (SSSR count). The van der Waals surface area contributed by atoms with Gasteiger partial charge in [0.25, 0.3) is 0 Å². The lowest BCUT2D eigenvalue weighted by Crippen LogP contribution is -2.59. The molecule has 132 valence electrons. The summed E-state index contributed by atoms with van der Waals surface area (Å²) >= 11 is 0. The van der Waals surface area contributed by atoms with Gasteiger partial charge in [-0.1, -0.05) is 6.07 Å². The van der Waals surface area contributed by atoms with Crippen LogP contribution in [0.4, 0.5) is 0 Å². The summed E-state index contributed by atoms with van der Waals surface area (Å²) in [4.78, 5) is 15.6. The summed E-state index contributed by atoms with van der Waals surface area (Å²) < 4.78 is 29.2. The fourth-order valence-corrected chi connectivity index (χ4v) is 5.69. The molecule has 0 bridgehead atoms. The molecule has 0 unspecified atom stereocenters.